The van der Waals surface area contributed by atoms with Gasteiger partial charge in [-0.15, -0.1) is 0 Å². The van der Waals surface area contributed by atoms with Gasteiger partial charge in [0.2, 0.25) is 0 Å². The molecule has 2 rings (SSSR count). The molecule has 1 N–H and O–H groups in total. The topological polar surface area (TPSA) is 68.9 Å². The molecule has 0 aliphatic carbocycles. The molecule has 0 unspecified atom stereocenters. The minimum absolute atomic E-state index is 0.0377. The summed E-state index contributed by atoms with van der Waals surface area (Å²) in [6.07, 6.45) is 6.00. The van der Waals surface area contributed by atoms with E-state index in [1.165, 1.54) is 6.07 Å². The van der Waals surface area contributed by atoms with Crippen LogP contribution in [-0.4, -0.2) is 24.9 Å². The van der Waals surface area contributed by atoms with Gasteiger partial charge >= 0.3 is 5.63 Å². The largest absolute Gasteiger partial charge is 0.489 e. The lowest BCUT2D eigenvalue weighted by Gasteiger charge is -2.17. The quantitative estimate of drug-likeness (QED) is 0.489. The predicted octanol–water partition coefficient (Wildman–Crippen LogP) is 3.80. The molecule has 0 fully saturated rings. The lowest BCUT2D eigenvalue weighted by molar-refractivity contribution is 0.287. The Labute approximate surface area is 153 Å². The zero-order valence-corrected chi connectivity index (χ0v) is 15.3. The van der Waals surface area contributed by atoms with Crippen LogP contribution in [0.15, 0.2) is 46.7 Å². The highest BCUT2D eigenvalue weighted by Gasteiger charge is 2.20. The smallest absolute Gasteiger partial charge is 0.336 e. The van der Waals surface area contributed by atoms with Crippen molar-refractivity contribution in [3.63, 3.8) is 0 Å². The van der Waals surface area contributed by atoms with E-state index in [9.17, 15) is 9.90 Å². The van der Waals surface area contributed by atoms with Crippen molar-refractivity contribution in [3.8, 4) is 11.5 Å². The number of fused-ring (bicyclic) bond motifs is 1. The summed E-state index contributed by atoms with van der Waals surface area (Å²) in [6.45, 7) is 10.1. The van der Waals surface area contributed by atoms with Crippen LogP contribution in [0.5, 0.6) is 11.5 Å². The second kappa shape index (κ2) is 9.82. The molecule has 2 aromatic rings. The van der Waals surface area contributed by atoms with Gasteiger partial charge in [-0.3, -0.25) is 0 Å². The van der Waals surface area contributed by atoms with Crippen LogP contribution in [0.4, 0.5) is 0 Å². The molecule has 0 amide bonds. The molecule has 0 radical (unpaired) electrons. The van der Waals surface area contributed by atoms with Crippen molar-refractivity contribution in [1.82, 2.24) is 0 Å². The van der Waals surface area contributed by atoms with Gasteiger partial charge in [0, 0.05) is 24.3 Å². The van der Waals surface area contributed by atoms with Gasteiger partial charge in [0.05, 0.1) is 5.39 Å². The first-order valence-corrected chi connectivity index (χ1v) is 8.87. The van der Waals surface area contributed by atoms with E-state index >= 15 is 0 Å². The maximum absolute atomic E-state index is 12.1. The Bertz CT molecular complexity index is 819. The summed E-state index contributed by atoms with van der Waals surface area (Å²) in [6, 6.07) is 3.34. The van der Waals surface area contributed by atoms with E-state index < -0.39 is 5.63 Å². The van der Waals surface area contributed by atoms with Gasteiger partial charge < -0.3 is 19.0 Å². The first-order chi connectivity index (χ1) is 12.7. The highest BCUT2D eigenvalue weighted by atomic mass is 16.5. The minimum Gasteiger partial charge on any atom is -0.489 e. The number of aliphatic hydroxyl groups excluding tert-OH is 1. The highest BCUT2D eigenvalue weighted by molar-refractivity contribution is 5.91. The third-order valence-electron chi connectivity index (χ3n) is 3.94. The van der Waals surface area contributed by atoms with E-state index in [0.717, 1.165) is 29.4 Å². The monoisotopic (exact) mass is 358 g/mol. The van der Waals surface area contributed by atoms with Crippen molar-refractivity contribution in [1.29, 1.82) is 0 Å². The van der Waals surface area contributed by atoms with Gasteiger partial charge in [0.25, 0.3) is 0 Å². The Morgan fingerprint density at radius 2 is 1.81 bits per heavy atom. The highest BCUT2D eigenvalue weighted by Crippen LogP contribution is 2.38. The first-order valence-electron chi connectivity index (χ1n) is 8.87. The molecule has 0 aliphatic heterocycles. The van der Waals surface area contributed by atoms with Crippen molar-refractivity contribution in [2.24, 2.45) is 0 Å². The standard InChI is InChI=1S/C21H26O5/c1-4-8-15-13-19(23)26-21-16(9-7-10-22)17(24-11-5-2)14-18(20(15)21)25-12-6-3/h5-6,13-14,22H,2-4,7-12H2,1H3. The first kappa shape index (κ1) is 19.8. The summed E-state index contributed by atoms with van der Waals surface area (Å²) in [5.74, 6) is 1.17. The SMILES string of the molecule is C=CCOc1cc(OCC=C)c2c(CCC)cc(=O)oc2c1CCCO. The second-order valence-electron chi connectivity index (χ2n) is 5.92. The van der Waals surface area contributed by atoms with Gasteiger partial charge in [-0.25, -0.2) is 4.79 Å². The van der Waals surface area contributed by atoms with Crippen molar-refractivity contribution in [2.45, 2.75) is 32.6 Å². The molecule has 26 heavy (non-hydrogen) atoms. The van der Waals surface area contributed by atoms with Gasteiger partial charge in [-0.2, -0.15) is 0 Å². The molecule has 5 nitrogen and oxygen atoms in total. The summed E-state index contributed by atoms with van der Waals surface area (Å²) < 4.78 is 17.2. The lowest BCUT2D eigenvalue weighted by Crippen LogP contribution is -2.07. The average Bonchev–Trinajstić information content (AvgIpc) is 2.63. The van der Waals surface area contributed by atoms with Crippen molar-refractivity contribution >= 4 is 11.0 Å². The summed E-state index contributed by atoms with van der Waals surface area (Å²) in [5.41, 5.74) is 1.71. The molecule has 5 heteroatoms. The molecule has 0 saturated heterocycles. The van der Waals surface area contributed by atoms with E-state index in [2.05, 4.69) is 20.1 Å². The zero-order valence-electron chi connectivity index (χ0n) is 15.3. The van der Waals surface area contributed by atoms with Gasteiger partial charge in [-0.05, 0) is 24.8 Å². The fraction of sp³-hybridized carbons (Fsp3) is 0.381. The maximum atomic E-state index is 12.1. The van der Waals surface area contributed by atoms with Crippen LogP contribution in [0.25, 0.3) is 11.0 Å². The average molecular weight is 358 g/mol. The van der Waals surface area contributed by atoms with Crippen LogP contribution in [0.3, 0.4) is 0 Å². The van der Waals surface area contributed by atoms with Crippen molar-refractivity contribution in [2.75, 3.05) is 19.8 Å². The number of benzene rings is 1. The van der Waals surface area contributed by atoms with Crippen molar-refractivity contribution < 1.29 is 19.0 Å². The number of rotatable bonds is 11. The Morgan fingerprint density at radius 3 is 2.42 bits per heavy atom. The molecule has 1 heterocycles. The van der Waals surface area contributed by atoms with E-state index in [-0.39, 0.29) is 6.61 Å². The van der Waals surface area contributed by atoms with E-state index in [0.29, 0.717) is 43.1 Å². The molecule has 0 atom stereocenters. The fourth-order valence-electron chi connectivity index (χ4n) is 2.91. The van der Waals surface area contributed by atoms with Crippen LogP contribution in [0, 0.1) is 0 Å². The number of aryl methyl sites for hydroxylation is 2. The lowest BCUT2D eigenvalue weighted by atomic mass is 9.99. The number of aliphatic hydroxyl groups is 1. The summed E-state index contributed by atoms with van der Waals surface area (Å²) in [5, 5.41) is 10.0. The van der Waals surface area contributed by atoms with Gasteiger partial charge in [-0.1, -0.05) is 38.7 Å². The Balaban J connectivity index is 2.78. The Morgan fingerprint density at radius 1 is 1.12 bits per heavy atom. The molecule has 0 saturated carbocycles. The summed E-state index contributed by atoms with van der Waals surface area (Å²) in [7, 11) is 0. The molecule has 1 aromatic heterocycles. The summed E-state index contributed by atoms with van der Waals surface area (Å²) >= 11 is 0. The van der Waals surface area contributed by atoms with Crippen LogP contribution in [0.1, 0.15) is 30.9 Å². The van der Waals surface area contributed by atoms with E-state index in [1.54, 1.807) is 12.2 Å². The van der Waals surface area contributed by atoms with Crippen LogP contribution in [-0.2, 0) is 12.8 Å². The van der Waals surface area contributed by atoms with E-state index in [1.807, 2.05) is 6.07 Å². The predicted molar refractivity (Wildman–Crippen MR) is 103 cm³/mol. The van der Waals surface area contributed by atoms with Gasteiger partial charge in [0.15, 0.2) is 0 Å². The number of hydrogen-bond donors (Lipinski definition) is 1. The van der Waals surface area contributed by atoms with Crippen LogP contribution >= 0.6 is 0 Å². The van der Waals surface area contributed by atoms with Gasteiger partial charge in [0.1, 0.15) is 30.3 Å². The normalized spacial score (nSPS) is 10.7. The van der Waals surface area contributed by atoms with Crippen LogP contribution in [0.2, 0.25) is 0 Å². The third kappa shape index (κ3) is 4.55. The van der Waals surface area contributed by atoms with E-state index in [4.69, 9.17) is 13.9 Å². The fourth-order valence-corrected chi connectivity index (χ4v) is 2.91. The minimum atomic E-state index is -0.401. The molecule has 140 valence electrons. The molecule has 0 bridgehead atoms. The third-order valence-corrected chi connectivity index (χ3v) is 3.94. The summed E-state index contributed by atoms with van der Waals surface area (Å²) in [4.78, 5) is 12.1. The molecular weight excluding hydrogens is 332 g/mol. The second-order valence-corrected chi connectivity index (χ2v) is 5.92. The molecular formula is C21H26O5. The van der Waals surface area contributed by atoms with Crippen molar-refractivity contribution in [3.05, 3.63) is 59.0 Å². The molecule has 0 spiro atoms. The Hall–Kier alpha value is -2.53. The Kier molecular flexibility index (Phi) is 7.48. The number of hydrogen-bond acceptors (Lipinski definition) is 5. The molecule has 1 aromatic carbocycles. The molecule has 0 aliphatic rings. The maximum Gasteiger partial charge on any atom is 0.336 e. The zero-order chi connectivity index (χ0) is 18.9. The van der Waals surface area contributed by atoms with Crippen LogP contribution < -0.4 is 15.1 Å². The number of ether oxygens (including phenoxy) is 2.